The first-order valence-electron chi connectivity index (χ1n) is 8.64. The van der Waals surface area contributed by atoms with Gasteiger partial charge in [0.1, 0.15) is 0 Å². The summed E-state index contributed by atoms with van der Waals surface area (Å²) in [6.45, 7) is 4.76. The Labute approximate surface area is 130 Å². The van der Waals surface area contributed by atoms with Crippen LogP contribution >= 0.6 is 0 Å². The molecule has 2 unspecified atom stereocenters. The van der Waals surface area contributed by atoms with Crippen LogP contribution in [0.2, 0.25) is 0 Å². The lowest BCUT2D eigenvalue weighted by Crippen LogP contribution is -2.41. The minimum Gasteiger partial charge on any atom is -0.396 e. The van der Waals surface area contributed by atoms with E-state index in [4.69, 9.17) is 0 Å². The number of aliphatic hydroxyl groups excluding tert-OH is 1. The van der Waals surface area contributed by atoms with Gasteiger partial charge in [-0.05, 0) is 36.7 Å². The van der Waals surface area contributed by atoms with Gasteiger partial charge in [-0.15, -0.1) is 0 Å². The highest BCUT2D eigenvalue weighted by Crippen LogP contribution is 2.35. The summed E-state index contributed by atoms with van der Waals surface area (Å²) in [6, 6.07) is 11.7. The number of rotatable bonds is 7. The van der Waals surface area contributed by atoms with Crippen LogP contribution in [0, 0.1) is 11.8 Å². The average Bonchev–Trinajstić information content (AvgIpc) is 2.53. The first-order chi connectivity index (χ1) is 10.2. The molecule has 21 heavy (non-hydrogen) atoms. The normalized spacial score (nSPS) is 19.6. The van der Waals surface area contributed by atoms with Gasteiger partial charge in [0.2, 0.25) is 0 Å². The summed E-state index contributed by atoms with van der Waals surface area (Å²) < 4.78 is 0. The minimum absolute atomic E-state index is 0.266. The monoisotopic (exact) mass is 289 g/mol. The van der Waals surface area contributed by atoms with Gasteiger partial charge in [-0.25, -0.2) is 0 Å². The highest BCUT2D eigenvalue weighted by atomic mass is 16.3. The van der Waals surface area contributed by atoms with E-state index in [0.717, 1.165) is 12.3 Å². The zero-order valence-corrected chi connectivity index (χ0v) is 13.6. The molecule has 1 saturated carbocycles. The Kier molecular flexibility index (Phi) is 6.72. The highest BCUT2D eigenvalue weighted by molar-refractivity contribution is 5.20. The Bertz CT molecular complexity index is 384. The molecule has 2 nitrogen and oxygen atoms in total. The summed E-state index contributed by atoms with van der Waals surface area (Å²) in [5.74, 6) is 1.29. The van der Waals surface area contributed by atoms with Crippen molar-refractivity contribution in [3.05, 3.63) is 35.9 Å². The van der Waals surface area contributed by atoms with Crippen LogP contribution in [0.3, 0.4) is 0 Å². The second kappa shape index (κ2) is 8.55. The quantitative estimate of drug-likeness (QED) is 0.784. The van der Waals surface area contributed by atoms with E-state index in [0.29, 0.717) is 18.0 Å². The number of aliphatic hydroxyl groups is 1. The molecule has 1 fully saturated rings. The smallest absolute Gasteiger partial charge is 0.0445 e. The van der Waals surface area contributed by atoms with E-state index in [2.05, 4.69) is 49.5 Å². The van der Waals surface area contributed by atoms with Crippen molar-refractivity contribution in [1.29, 1.82) is 0 Å². The largest absolute Gasteiger partial charge is 0.396 e. The summed E-state index contributed by atoms with van der Waals surface area (Å²) in [6.07, 6.45) is 7.62. The SMILES string of the molecule is CC(C)C(CCO)NC(c1ccccc1)C1CCCCC1. The van der Waals surface area contributed by atoms with Crippen molar-refractivity contribution in [1.82, 2.24) is 5.32 Å². The van der Waals surface area contributed by atoms with E-state index in [1.54, 1.807) is 0 Å². The fourth-order valence-electron chi connectivity index (χ4n) is 3.61. The maximum absolute atomic E-state index is 9.34. The first-order valence-corrected chi connectivity index (χ1v) is 8.64. The summed E-state index contributed by atoms with van der Waals surface area (Å²) in [7, 11) is 0. The fourth-order valence-corrected chi connectivity index (χ4v) is 3.61. The predicted molar refractivity (Wildman–Crippen MR) is 89.2 cm³/mol. The summed E-state index contributed by atoms with van der Waals surface area (Å²) >= 11 is 0. The molecule has 2 heteroatoms. The molecule has 2 rings (SSSR count). The molecule has 1 aliphatic carbocycles. The van der Waals surface area contributed by atoms with Crippen LogP contribution in [0.25, 0.3) is 0 Å². The van der Waals surface area contributed by atoms with E-state index >= 15 is 0 Å². The lowest BCUT2D eigenvalue weighted by molar-refractivity contribution is 0.200. The summed E-state index contributed by atoms with van der Waals surface area (Å²) in [5, 5.41) is 13.2. The lowest BCUT2D eigenvalue weighted by Gasteiger charge is -2.35. The average molecular weight is 289 g/mol. The van der Waals surface area contributed by atoms with E-state index in [9.17, 15) is 5.11 Å². The lowest BCUT2D eigenvalue weighted by atomic mass is 9.80. The molecular weight excluding hydrogens is 258 g/mol. The van der Waals surface area contributed by atoms with Gasteiger partial charge in [0.15, 0.2) is 0 Å². The second-order valence-corrected chi connectivity index (χ2v) is 6.82. The summed E-state index contributed by atoms with van der Waals surface area (Å²) in [4.78, 5) is 0. The van der Waals surface area contributed by atoms with Gasteiger partial charge < -0.3 is 10.4 Å². The van der Waals surface area contributed by atoms with E-state index < -0.39 is 0 Å². The van der Waals surface area contributed by atoms with Crippen molar-refractivity contribution in [3.8, 4) is 0 Å². The first kappa shape index (κ1) is 16.5. The topological polar surface area (TPSA) is 32.3 Å². The number of benzene rings is 1. The molecular formula is C19H31NO. The molecule has 1 aromatic rings. The molecule has 2 atom stereocenters. The van der Waals surface area contributed by atoms with Gasteiger partial charge in [-0.1, -0.05) is 63.4 Å². The Balaban J connectivity index is 2.14. The van der Waals surface area contributed by atoms with E-state index in [1.165, 1.54) is 37.7 Å². The van der Waals surface area contributed by atoms with Gasteiger partial charge >= 0.3 is 0 Å². The molecule has 1 aliphatic rings. The van der Waals surface area contributed by atoms with Crippen LogP contribution < -0.4 is 5.32 Å². The standard InChI is InChI=1S/C19H31NO/c1-15(2)18(13-14-21)20-19(16-9-5-3-6-10-16)17-11-7-4-8-12-17/h3,5-6,9-10,15,17-21H,4,7-8,11-14H2,1-2H3. The third-order valence-electron chi connectivity index (χ3n) is 4.92. The van der Waals surface area contributed by atoms with Crippen LogP contribution in [-0.2, 0) is 0 Å². The predicted octanol–water partition coefficient (Wildman–Crippen LogP) is 4.30. The molecule has 118 valence electrons. The molecule has 0 aliphatic heterocycles. The van der Waals surface area contributed by atoms with Crippen molar-refractivity contribution < 1.29 is 5.11 Å². The Hall–Kier alpha value is -0.860. The molecule has 0 bridgehead atoms. The van der Waals surface area contributed by atoms with Gasteiger partial charge in [0, 0.05) is 18.7 Å². The molecule has 0 spiro atoms. The van der Waals surface area contributed by atoms with E-state index in [1.807, 2.05) is 0 Å². The molecule has 0 heterocycles. The Morgan fingerprint density at radius 1 is 1.10 bits per heavy atom. The molecule has 1 aromatic carbocycles. The third kappa shape index (κ3) is 4.82. The van der Waals surface area contributed by atoms with E-state index in [-0.39, 0.29) is 6.61 Å². The minimum atomic E-state index is 0.266. The highest BCUT2D eigenvalue weighted by Gasteiger charge is 2.27. The number of hydrogen-bond acceptors (Lipinski definition) is 2. The van der Waals surface area contributed by atoms with Crippen LogP contribution in [0.15, 0.2) is 30.3 Å². The van der Waals surface area contributed by atoms with Gasteiger partial charge in [-0.2, -0.15) is 0 Å². The molecule has 0 aromatic heterocycles. The van der Waals surface area contributed by atoms with Crippen LogP contribution in [-0.4, -0.2) is 17.8 Å². The van der Waals surface area contributed by atoms with Crippen LogP contribution in [0.5, 0.6) is 0 Å². The maximum Gasteiger partial charge on any atom is 0.0445 e. The molecule has 0 radical (unpaired) electrons. The molecule has 2 N–H and O–H groups in total. The Morgan fingerprint density at radius 2 is 1.76 bits per heavy atom. The van der Waals surface area contributed by atoms with Crippen molar-refractivity contribution >= 4 is 0 Å². The zero-order valence-electron chi connectivity index (χ0n) is 13.6. The van der Waals surface area contributed by atoms with Crippen molar-refractivity contribution in [2.24, 2.45) is 11.8 Å². The fraction of sp³-hybridized carbons (Fsp3) is 0.684. The number of nitrogens with one attached hydrogen (secondary N) is 1. The van der Waals surface area contributed by atoms with Gasteiger partial charge in [0.05, 0.1) is 0 Å². The molecule has 0 saturated heterocycles. The maximum atomic E-state index is 9.34. The summed E-state index contributed by atoms with van der Waals surface area (Å²) in [5.41, 5.74) is 1.41. The van der Waals surface area contributed by atoms with Crippen molar-refractivity contribution in [3.63, 3.8) is 0 Å². The third-order valence-corrected chi connectivity index (χ3v) is 4.92. The van der Waals surface area contributed by atoms with Gasteiger partial charge in [-0.3, -0.25) is 0 Å². The molecule has 0 amide bonds. The Morgan fingerprint density at radius 3 is 2.33 bits per heavy atom. The van der Waals surface area contributed by atoms with Gasteiger partial charge in [0.25, 0.3) is 0 Å². The second-order valence-electron chi connectivity index (χ2n) is 6.82. The number of hydrogen-bond donors (Lipinski definition) is 2. The van der Waals surface area contributed by atoms with Crippen molar-refractivity contribution in [2.45, 2.75) is 64.5 Å². The zero-order chi connectivity index (χ0) is 15.1. The van der Waals surface area contributed by atoms with Crippen molar-refractivity contribution in [2.75, 3.05) is 6.61 Å². The van der Waals surface area contributed by atoms with Crippen LogP contribution in [0.4, 0.5) is 0 Å². The van der Waals surface area contributed by atoms with Crippen LogP contribution in [0.1, 0.15) is 64.0 Å².